The van der Waals surface area contributed by atoms with Gasteiger partial charge in [0, 0.05) is 6.42 Å². The van der Waals surface area contributed by atoms with Gasteiger partial charge in [0.1, 0.15) is 16.4 Å². The first-order valence-electron chi connectivity index (χ1n) is 7.78. The predicted molar refractivity (Wildman–Crippen MR) is 102 cm³/mol. The van der Waals surface area contributed by atoms with E-state index in [0.717, 1.165) is 10.6 Å². The van der Waals surface area contributed by atoms with Crippen molar-refractivity contribution in [1.29, 1.82) is 0 Å². The van der Waals surface area contributed by atoms with E-state index >= 15 is 0 Å². The van der Waals surface area contributed by atoms with Crippen LogP contribution in [-0.2, 0) is 17.8 Å². The highest BCUT2D eigenvalue weighted by molar-refractivity contribution is 7.16. The van der Waals surface area contributed by atoms with Crippen LogP contribution in [-0.4, -0.2) is 25.7 Å². The maximum absolute atomic E-state index is 12.3. The molecule has 0 bridgehead atoms. The predicted octanol–water partition coefficient (Wildman–Crippen LogP) is 2.54. The number of carbonyl (C=O) groups excluding carboxylic acids is 1. The number of aromatic nitrogens is 4. The largest absolute Gasteiger partial charge is 0.299 e. The first-order valence-corrected chi connectivity index (χ1v) is 9.47. The number of hydrogen-bond acceptors (Lipinski definition) is 7. The molecule has 0 unspecified atom stereocenters. The molecule has 0 saturated carbocycles. The van der Waals surface area contributed by atoms with E-state index in [2.05, 4.69) is 20.5 Å². The summed E-state index contributed by atoms with van der Waals surface area (Å²) in [7, 11) is 0. The number of rotatable bonds is 5. The van der Waals surface area contributed by atoms with Gasteiger partial charge in [-0.1, -0.05) is 41.7 Å². The molecule has 0 fully saturated rings. The van der Waals surface area contributed by atoms with Crippen LogP contribution in [0.15, 0.2) is 52.9 Å². The summed E-state index contributed by atoms with van der Waals surface area (Å²) in [6, 6.07) is 11.6. The van der Waals surface area contributed by atoms with Crippen molar-refractivity contribution in [3.05, 3.63) is 69.0 Å². The first kappa shape index (κ1) is 16.6. The van der Waals surface area contributed by atoms with Gasteiger partial charge in [-0.2, -0.15) is 0 Å². The molecule has 9 heteroatoms. The van der Waals surface area contributed by atoms with Gasteiger partial charge in [0.25, 0.3) is 5.56 Å². The molecule has 0 radical (unpaired) electrons. The molecule has 0 aliphatic carbocycles. The second kappa shape index (κ2) is 7.14. The lowest BCUT2D eigenvalue weighted by Crippen LogP contribution is -2.27. The Morgan fingerprint density at radius 1 is 1.15 bits per heavy atom. The number of thiophene rings is 1. The summed E-state index contributed by atoms with van der Waals surface area (Å²) in [6.07, 6.45) is 2.05. The van der Waals surface area contributed by atoms with Crippen LogP contribution >= 0.6 is 22.7 Å². The molecule has 130 valence electrons. The second-order valence-electron chi connectivity index (χ2n) is 5.53. The van der Waals surface area contributed by atoms with Gasteiger partial charge in [-0.3, -0.25) is 19.5 Å². The fraction of sp³-hybridized carbons (Fsp3) is 0.118. The van der Waals surface area contributed by atoms with Crippen LogP contribution in [0.25, 0.3) is 10.2 Å². The molecule has 0 aliphatic rings. The molecular weight excluding hydrogens is 370 g/mol. The van der Waals surface area contributed by atoms with E-state index < -0.39 is 0 Å². The third-order valence-corrected chi connectivity index (χ3v) is 5.34. The normalized spacial score (nSPS) is 10.9. The molecule has 0 spiro atoms. The maximum atomic E-state index is 12.3. The molecule has 4 rings (SSSR count). The van der Waals surface area contributed by atoms with Crippen LogP contribution in [0.5, 0.6) is 0 Å². The standard InChI is InChI=1S/C17H13N5O2S2/c23-13(9-22-10-18-15-12(16(22)24)6-7-25-15)19-17-21-20-14(26-17)8-11-4-2-1-3-5-11/h1-7,10H,8-9H2,(H,19,21,23). The van der Waals surface area contributed by atoms with Crippen LogP contribution in [0.2, 0.25) is 0 Å². The van der Waals surface area contributed by atoms with Gasteiger partial charge in [-0.25, -0.2) is 4.98 Å². The number of nitrogens with one attached hydrogen (secondary N) is 1. The zero-order valence-electron chi connectivity index (χ0n) is 13.5. The smallest absolute Gasteiger partial charge is 0.262 e. The molecule has 7 nitrogen and oxygen atoms in total. The summed E-state index contributed by atoms with van der Waals surface area (Å²) in [5.41, 5.74) is 0.900. The van der Waals surface area contributed by atoms with Crippen LogP contribution in [0.1, 0.15) is 10.6 Å². The summed E-state index contributed by atoms with van der Waals surface area (Å²) < 4.78 is 1.29. The molecule has 26 heavy (non-hydrogen) atoms. The van der Waals surface area contributed by atoms with Gasteiger partial charge in [-0.05, 0) is 17.0 Å². The monoisotopic (exact) mass is 383 g/mol. The van der Waals surface area contributed by atoms with E-state index in [4.69, 9.17) is 0 Å². The fourth-order valence-corrected chi connectivity index (χ4v) is 3.98. The minimum Gasteiger partial charge on any atom is -0.299 e. The Kier molecular flexibility index (Phi) is 4.55. The number of fused-ring (bicyclic) bond motifs is 1. The number of hydrogen-bond donors (Lipinski definition) is 1. The van der Waals surface area contributed by atoms with E-state index in [0.29, 0.717) is 21.8 Å². The summed E-state index contributed by atoms with van der Waals surface area (Å²) >= 11 is 2.71. The number of anilines is 1. The SMILES string of the molecule is O=C(Cn1cnc2sccc2c1=O)Nc1nnc(Cc2ccccc2)s1. The van der Waals surface area contributed by atoms with Gasteiger partial charge in [-0.15, -0.1) is 21.5 Å². The van der Waals surface area contributed by atoms with Crippen LogP contribution in [0.3, 0.4) is 0 Å². The average molecular weight is 383 g/mol. The van der Waals surface area contributed by atoms with Gasteiger partial charge >= 0.3 is 0 Å². The summed E-state index contributed by atoms with van der Waals surface area (Å²) in [5.74, 6) is -0.342. The maximum Gasteiger partial charge on any atom is 0.262 e. The number of carbonyl (C=O) groups is 1. The van der Waals surface area contributed by atoms with Crippen LogP contribution in [0, 0.1) is 0 Å². The molecule has 0 atom stereocenters. The third kappa shape index (κ3) is 3.53. The van der Waals surface area contributed by atoms with Crippen molar-refractivity contribution in [3.8, 4) is 0 Å². The minimum atomic E-state index is -0.342. The zero-order chi connectivity index (χ0) is 17.9. The van der Waals surface area contributed by atoms with Gasteiger partial charge in [0.2, 0.25) is 11.0 Å². The first-order chi connectivity index (χ1) is 12.7. The van der Waals surface area contributed by atoms with Crippen molar-refractivity contribution >= 4 is 43.9 Å². The molecule has 1 amide bonds. The molecule has 3 aromatic heterocycles. The van der Waals surface area contributed by atoms with Gasteiger partial charge in [0.05, 0.1) is 11.7 Å². The molecular formula is C17H13N5O2S2. The quantitative estimate of drug-likeness (QED) is 0.572. The van der Waals surface area contributed by atoms with Crippen LogP contribution in [0.4, 0.5) is 5.13 Å². The second-order valence-corrected chi connectivity index (χ2v) is 7.49. The minimum absolute atomic E-state index is 0.120. The van der Waals surface area contributed by atoms with Crippen molar-refractivity contribution in [2.45, 2.75) is 13.0 Å². The van der Waals surface area contributed by atoms with E-state index in [9.17, 15) is 9.59 Å². The highest BCUT2D eigenvalue weighted by Crippen LogP contribution is 2.18. The topological polar surface area (TPSA) is 89.8 Å². The Morgan fingerprint density at radius 3 is 2.85 bits per heavy atom. The summed E-state index contributed by atoms with van der Waals surface area (Å²) in [4.78, 5) is 29.4. The third-order valence-electron chi connectivity index (χ3n) is 3.68. The zero-order valence-corrected chi connectivity index (χ0v) is 15.1. The molecule has 0 aliphatic heterocycles. The van der Waals surface area contributed by atoms with Crippen LogP contribution < -0.4 is 10.9 Å². The van der Waals surface area contributed by atoms with Crippen molar-refractivity contribution in [3.63, 3.8) is 0 Å². The Morgan fingerprint density at radius 2 is 2.00 bits per heavy atom. The van der Waals surface area contributed by atoms with Crippen molar-refractivity contribution in [2.24, 2.45) is 0 Å². The Bertz CT molecular complexity index is 1120. The Balaban J connectivity index is 1.43. The Hall–Kier alpha value is -2.91. The van der Waals surface area contributed by atoms with Gasteiger partial charge in [0.15, 0.2) is 0 Å². The summed E-state index contributed by atoms with van der Waals surface area (Å²) in [6.45, 7) is -0.120. The van der Waals surface area contributed by atoms with E-state index in [1.807, 2.05) is 30.3 Å². The van der Waals surface area contributed by atoms with Crippen molar-refractivity contribution in [2.75, 3.05) is 5.32 Å². The lowest BCUT2D eigenvalue weighted by molar-refractivity contribution is -0.116. The number of amides is 1. The van der Waals surface area contributed by atoms with E-state index in [-0.39, 0.29) is 18.0 Å². The summed E-state index contributed by atoms with van der Waals surface area (Å²) in [5, 5.41) is 14.3. The molecule has 0 saturated heterocycles. The number of nitrogens with zero attached hydrogens (tertiary/aromatic N) is 4. The average Bonchev–Trinajstić information content (AvgIpc) is 3.28. The lowest BCUT2D eigenvalue weighted by Gasteiger charge is -2.04. The molecule has 1 aromatic carbocycles. The van der Waals surface area contributed by atoms with Crippen molar-refractivity contribution < 1.29 is 4.79 Å². The van der Waals surface area contributed by atoms with Crippen molar-refractivity contribution in [1.82, 2.24) is 19.7 Å². The highest BCUT2D eigenvalue weighted by Gasteiger charge is 2.12. The van der Waals surface area contributed by atoms with E-state index in [1.54, 1.807) is 11.4 Å². The Labute approximate surface area is 156 Å². The van der Waals surface area contributed by atoms with E-state index in [1.165, 1.54) is 33.6 Å². The molecule has 4 aromatic rings. The highest BCUT2D eigenvalue weighted by atomic mass is 32.1. The molecule has 3 heterocycles. The van der Waals surface area contributed by atoms with Gasteiger partial charge < -0.3 is 0 Å². The lowest BCUT2D eigenvalue weighted by atomic mass is 10.2. The fourth-order valence-electron chi connectivity index (χ4n) is 2.47. The molecule has 1 N–H and O–H groups in total. The number of benzene rings is 1.